The van der Waals surface area contributed by atoms with Gasteiger partial charge in [0.15, 0.2) is 6.10 Å². The molecule has 0 saturated carbocycles. The van der Waals surface area contributed by atoms with Crippen molar-refractivity contribution in [3.8, 4) is 0 Å². The summed E-state index contributed by atoms with van der Waals surface area (Å²) in [7, 11) is 0. The first-order valence-electron chi connectivity index (χ1n) is 10.1. The molecule has 1 amide bonds. The highest BCUT2D eigenvalue weighted by Crippen LogP contribution is 2.32. The molecule has 4 nitrogen and oxygen atoms in total. The summed E-state index contributed by atoms with van der Waals surface area (Å²) in [5, 5.41) is 2.95. The summed E-state index contributed by atoms with van der Waals surface area (Å²) in [6, 6.07) is 12.2. The highest BCUT2D eigenvalue weighted by Gasteiger charge is 2.24. The topological polar surface area (TPSA) is 55.4 Å². The summed E-state index contributed by atoms with van der Waals surface area (Å²) in [5.41, 5.74) is 2.52. The number of hydrogen-bond acceptors (Lipinski definition) is 4. The van der Waals surface area contributed by atoms with Gasteiger partial charge in [-0.05, 0) is 69.1 Å². The average molecular weight is 400 g/mol. The number of rotatable bonds is 7. The number of amides is 1. The molecule has 3 atom stereocenters. The Balaban J connectivity index is 1.47. The lowest BCUT2D eigenvalue weighted by molar-refractivity contribution is -0.129. The van der Waals surface area contributed by atoms with Gasteiger partial charge in [0.2, 0.25) is 0 Å². The van der Waals surface area contributed by atoms with Crippen LogP contribution in [0, 0.1) is 5.92 Å². The molecule has 1 aromatic heterocycles. The number of fused-ring (bicyclic) bond motifs is 1. The fourth-order valence-corrected chi connectivity index (χ4v) is 4.63. The third kappa shape index (κ3) is 5.44. The van der Waals surface area contributed by atoms with Crippen LogP contribution in [-0.4, -0.2) is 24.0 Å². The second-order valence-electron chi connectivity index (χ2n) is 7.89. The summed E-state index contributed by atoms with van der Waals surface area (Å²) >= 11 is 1.51. The Kier molecular flexibility index (Phi) is 6.89. The van der Waals surface area contributed by atoms with E-state index < -0.39 is 12.1 Å². The van der Waals surface area contributed by atoms with Gasteiger partial charge in [-0.1, -0.05) is 37.3 Å². The van der Waals surface area contributed by atoms with Crippen molar-refractivity contribution < 1.29 is 14.3 Å². The number of benzene rings is 1. The van der Waals surface area contributed by atoms with Gasteiger partial charge in [0.25, 0.3) is 5.91 Å². The van der Waals surface area contributed by atoms with Gasteiger partial charge in [0.05, 0.1) is 0 Å². The van der Waals surface area contributed by atoms with Crippen molar-refractivity contribution in [1.29, 1.82) is 0 Å². The van der Waals surface area contributed by atoms with E-state index >= 15 is 0 Å². The molecular formula is C23H29NO3S. The van der Waals surface area contributed by atoms with Gasteiger partial charge in [-0.15, -0.1) is 11.3 Å². The van der Waals surface area contributed by atoms with Gasteiger partial charge >= 0.3 is 5.97 Å². The van der Waals surface area contributed by atoms with Crippen LogP contribution in [0.3, 0.4) is 0 Å². The molecule has 0 spiro atoms. The first kappa shape index (κ1) is 20.6. The monoisotopic (exact) mass is 399 g/mol. The van der Waals surface area contributed by atoms with Crippen molar-refractivity contribution in [2.45, 2.75) is 65.0 Å². The predicted molar refractivity (Wildman–Crippen MR) is 113 cm³/mol. The van der Waals surface area contributed by atoms with Gasteiger partial charge in [0, 0.05) is 10.9 Å². The van der Waals surface area contributed by atoms with Crippen LogP contribution >= 0.6 is 11.3 Å². The molecule has 1 heterocycles. The van der Waals surface area contributed by atoms with E-state index in [1.165, 1.54) is 33.8 Å². The Bertz CT molecular complexity index is 815. The molecule has 0 saturated heterocycles. The Morgan fingerprint density at radius 3 is 2.75 bits per heavy atom. The maximum atomic E-state index is 12.5. The number of ether oxygens (including phenoxy) is 1. The summed E-state index contributed by atoms with van der Waals surface area (Å²) in [4.78, 5) is 26.7. The molecule has 0 bridgehead atoms. The van der Waals surface area contributed by atoms with E-state index in [4.69, 9.17) is 4.74 Å². The van der Waals surface area contributed by atoms with E-state index in [0.29, 0.717) is 10.8 Å². The first-order chi connectivity index (χ1) is 13.4. The SMILES string of the molecule is C[C@@H]1CCc2sc(C(=O)O[C@@H](C)C(=O)N[C@@H](C)CCc3ccccc3)cc2C1. The molecule has 2 aromatic rings. The van der Waals surface area contributed by atoms with Crippen LogP contribution < -0.4 is 5.32 Å². The van der Waals surface area contributed by atoms with Crippen molar-refractivity contribution in [2.24, 2.45) is 5.92 Å². The lowest BCUT2D eigenvalue weighted by Crippen LogP contribution is -2.40. The number of esters is 1. The smallest absolute Gasteiger partial charge is 0.349 e. The zero-order chi connectivity index (χ0) is 20.1. The molecule has 1 aliphatic carbocycles. The van der Waals surface area contributed by atoms with E-state index in [1.807, 2.05) is 31.2 Å². The molecule has 3 rings (SSSR count). The molecule has 5 heteroatoms. The first-order valence-corrected chi connectivity index (χ1v) is 10.9. The lowest BCUT2D eigenvalue weighted by atomic mass is 9.90. The summed E-state index contributed by atoms with van der Waals surface area (Å²) < 4.78 is 5.43. The van der Waals surface area contributed by atoms with Crippen molar-refractivity contribution in [2.75, 3.05) is 0 Å². The number of nitrogens with one attached hydrogen (secondary N) is 1. The van der Waals surface area contributed by atoms with E-state index in [1.54, 1.807) is 6.92 Å². The second kappa shape index (κ2) is 9.37. The normalized spacial score (nSPS) is 18.0. The number of thiophene rings is 1. The number of carbonyl (C=O) groups excluding carboxylic acids is 2. The van der Waals surface area contributed by atoms with E-state index in [2.05, 4.69) is 24.4 Å². The van der Waals surface area contributed by atoms with Crippen LogP contribution in [-0.2, 0) is 28.8 Å². The van der Waals surface area contributed by atoms with Gasteiger partial charge < -0.3 is 10.1 Å². The van der Waals surface area contributed by atoms with Crippen molar-refractivity contribution >= 4 is 23.2 Å². The summed E-state index contributed by atoms with van der Waals surface area (Å²) in [6.45, 7) is 5.85. The molecule has 1 aliphatic rings. The average Bonchev–Trinajstić information content (AvgIpc) is 3.10. The van der Waals surface area contributed by atoms with E-state index in [0.717, 1.165) is 25.7 Å². The Labute approximate surface area is 171 Å². The van der Waals surface area contributed by atoms with E-state index in [9.17, 15) is 9.59 Å². The van der Waals surface area contributed by atoms with Gasteiger partial charge in [-0.25, -0.2) is 4.79 Å². The molecule has 0 fully saturated rings. The zero-order valence-electron chi connectivity index (χ0n) is 16.9. The van der Waals surface area contributed by atoms with Crippen molar-refractivity contribution in [3.63, 3.8) is 0 Å². The molecule has 28 heavy (non-hydrogen) atoms. The fraction of sp³-hybridized carbons (Fsp3) is 0.478. The number of carbonyl (C=O) groups is 2. The highest BCUT2D eigenvalue weighted by atomic mass is 32.1. The number of hydrogen-bond donors (Lipinski definition) is 1. The second-order valence-corrected chi connectivity index (χ2v) is 9.03. The minimum absolute atomic E-state index is 0.0180. The van der Waals surface area contributed by atoms with E-state index in [-0.39, 0.29) is 11.9 Å². The minimum atomic E-state index is -0.801. The van der Waals surface area contributed by atoms with Crippen LogP contribution in [0.15, 0.2) is 36.4 Å². The van der Waals surface area contributed by atoms with Gasteiger partial charge in [-0.3, -0.25) is 4.79 Å². The zero-order valence-corrected chi connectivity index (χ0v) is 17.7. The maximum Gasteiger partial charge on any atom is 0.349 e. The Morgan fingerprint density at radius 1 is 1.25 bits per heavy atom. The lowest BCUT2D eigenvalue weighted by Gasteiger charge is -2.17. The van der Waals surface area contributed by atoms with Crippen LogP contribution in [0.25, 0.3) is 0 Å². The molecular weight excluding hydrogens is 370 g/mol. The molecule has 0 radical (unpaired) electrons. The quantitative estimate of drug-likeness (QED) is 0.695. The molecule has 1 aromatic carbocycles. The maximum absolute atomic E-state index is 12.5. The standard InChI is InChI=1S/C23H29NO3S/c1-15-9-12-20-19(13-15)14-21(28-20)23(26)27-17(3)22(25)24-16(2)10-11-18-7-5-4-6-8-18/h4-8,14-17H,9-13H2,1-3H3,(H,24,25)/t15-,16+,17+/m1/s1. The van der Waals surface area contributed by atoms with Crippen molar-refractivity contribution in [3.05, 3.63) is 57.3 Å². The summed E-state index contributed by atoms with van der Waals surface area (Å²) in [5.74, 6) is 0.0172. The van der Waals surface area contributed by atoms with Crippen LogP contribution in [0.2, 0.25) is 0 Å². The minimum Gasteiger partial charge on any atom is -0.448 e. The van der Waals surface area contributed by atoms with Crippen LogP contribution in [0.4, 0.5) is 0 Å². The molecule has 150 valence electrons. The molecule has 0 unspecified atom stereocenters. The Hall–Kier alpha value is -2.14. The predicted octanol–water partition coefficient (Wildman–Crippen LogP) is 4.56. The Morgan fingerprint density at radius 2 is 2.00 bits per heavy atom. The van der Waals surface area contributed by atoms with Gasteiger partial charge in [-0.2, -0.15) is 0 Å². The third-order valence-electron chi connectivity index (χ3n) is 5.28. The fourth-order valence-electron chi connectivity index (χ4n) is 3.54. The number of aryl methyl sites for hydroxylation is 2. The largest absolute Gasteiger partial charge is 0.448 e. The third-order valence-corrected chi connectivity index (χ3v) is 6.50. The molecule has 1 N–H and O–H groups in total. The highest BCUT2D eigenvalue weighted by molar-refractivity contribution is 7.14. The van der Waals surface area contributed by atoms with Crippen molar-refractivity contribution in [1.82, 2.24) is 5.32 Å². The summed E-state index contributed by atoms with van der Waals surface area (Å²) in [6.07, 6.45) is 4.16. The van der Waals surface area contributed by atoms with Crippen LogP contribution in [0.5, 0.6) is 0 Å². The van der Waals surface area contributed by atoms with Gasteiger partial charge in [0.1, 0.15) is 4.88 Å². The molecule has 0 aliphatic heterocycles. The van der Waals surface area contributed by atoms with Crippen LogP contribution in [0.1, 0.15) is 59.3 Å².